The van der Waals surface area contributed by atoms with E-state index in [1.807, 2.05) is 54.6 Å². The summed E-state index contributed by atoms with van der Waals surface area (Å²) in [7, 11) is -2.19. The Kier molecular flexibility index (Phi) is 6.31. The number of nitrogens with zero attached hydrogens (tertiary/aromatic N) is 2. The number of hydrogen-bond donors (Lipinski definition) is 0. The third-order valence-electron chi connectivity index (χ3n) is 6.37. The quantitative estimate of drug-likeness (QED) is 0.226. The van der Waals surface area contributed by atoms with Gasteiger partial charge in [0.1, 0.15) is 5.75 Å². The monoisotopic (exact) mass is 484 g/mol. The smallest absolute Gasteiger partial charge is 0.269 e. The highest BCUT2D eigenvalue weighted by Crippen LogP contribution is 2.35. The molecule has 0 saturated heterocycles. The average Bonchev–Trinajstić information content (AvgIpc) is 3.23. The van der Waals surface area contributed by atoms with Crippen molar-refractivity contribution in [1.82, 2.24) is 8.96 Å². The molecule has 0 aliphatic carbocycles. The highest BCUT2D eigenvalue weighted by Gasteiger charge is 2.24. The van der Waals surface area contributed by atoms with Gasteiger partial charge in [0.05, 0.1) is 17.5 Å². The number of rotatable bonds is 8. The topological polar surface area (TPSA) is 61.2 Å². The van der Waals surface area contributed by atoms with Gasteiger partial charge in [-0.05, 0) is 72.5 Å². The van der Waals surface area contributed by atoms with E-state index in [9.17, 15) is 8.42 Å². The zero-order valence-electron chi connectivity index (χ0n) is 19.9. The van der Waals surface area contributed by atoms with Crippen LogP contribution in [-0.4, -0.2) is 24.5 Å². The minimum atomic E-state index is -3.84. The number of methoxy groups -OCH3 is 1. The molecule has 5 rings (SSSR count). The molecule has 35 heavy (non-hydrogen) atoms. The number of aromatic nitrogens is 2. The molecule has 178 valence electrons. The number of hydrogen-bond acceptors (Lipinski definition) is 4. The van der Waals surface area contributed by atoms with Crippen LogP contribution in [0.5, 0.6) is 5.75 Å². The molecule has 0 N–H and O–H groups in total. The summed E-state index contributed by atoms with van der Waals surface area (Å²) in [6, 6.07) is 26.3. The van der Waals surface area contributed by atoms with E-state index in [0.29, 0.717) is 11.2 Å². The maximum Gasteiger partial charge on any atom is 0.269 e. The number of aryl methyl sites for hydroxylation is 1. The Balaban J connectivity index is 1.73. The van der Waals surface area contributed by atoms with Gasteiger partial charge in [-0.3, -0.25) is 0 Å². The van der Waals surface area contributed by atoms with Crippen LogP contribution in [0.4, 0.5) is 0 Å². The van der Waals surface area contributed by atoms with Crippen LogP contribution in [0, 0.1) is 0 Å². The molecule has 0 aliphatic rings. The predicted octanol–water partition coefficient (Wildman–Crippen LogP) is 6.83. The van der Waals surface area contributed by atoms with Crippen molar-refractivity contribution in [2.24, 2.45) is 0 Å². The fraction of sp³-hybridized carbons (Fsp3) is 0.207. The van der Waals surface area contributed by atoms with Crippen LogP contribution in [0.2, 0.25) is 0 Å². The minimum Gasteiger partial charge on any atom is -0.497 e. The van der Waals surface area contributed by atoms with E-state index in [0.717, 1.165) is 59.0 Å². The molecule has 5 aromatic rings. The van der Waals surface area contributed by atoms with Crippen molar-refractivity contribution in [3.8, 4) is 16.9 Å². The van der Waals surface area contributed by atoms with E-state index in [1.165, 1.54) is 3.97 Å². The normalized spacial score (nSPS) is 11.8. The van der Waals surface area contributed by atoms with Crippen LogP contribution in [0.1, 0.15) is 31.9 Å². The Morgan fingerprint density at radius 2 is 1.57 bits per heavy atom. The van der Waals surface area contributed by atoms with E-state index in [1.54, 1.807) is 31.4 Å². The Morgan fingerprint density at radius 3 is 2.29 bits per heavy atom. The first-order valence-electron chi connectivity index (χ1n) is 11.9. The number of unbranched alkanes of at least 4 members (excludes halogenated alkanes) is 2. The van der Waals surface area contributed by atoms with Crippen LogP contribution >= 0.6 is 0 Å². The second kappa shape index (κ2) is 9.55. The largest absolute Gasteiger partial charge is 0.497 e. The fourth-order valence-corrected chi connectivity index (χ4v) is 5.99. The molecule has 0 aliphatic heterocycles. The second-order valence-electron chi connectivity index (χ2n) is 8.67. The molecule has 5 nitrogen and oxygen atoms in total. The van der Waals surface area contributed by atoms with Crippen molar-refractivity contribution in [3.63, 3.8) is 0 Å². The molecule has 0 saturated carbocycles. The van der Waals surface area contributed by atoms with E-state index in [4.69, 9.17) is 9.72 Å². The predicted molar refractivity (Wildman–Crippen MR) is 141 cm³/mol. The molecule has 0 amide bonds. The second-order valence-corrected chi connectivity index (χ2v) is 10.5. The van der Waals surface area contributed by atoms with Gasteiger partial charge in [-0.25, -0.2) is 17.4 Å². The van der Waals surface area contributed by atoms with Gasteiger partial charge in [0.2, 0.25) is 0 Å². The van der Waals surface area contributed by atoms with E-state index < -0.39 is 10.0 Å². The third-order valence-corrected chi connectivity index (χ3v) is 8.09. The van der Waals surface area contributed by atoms with Gasteiger partial charge in [0, 0.05) is 16.5 Å². The molecule has 0 spiro atoms. The summed E-state index contributed by atoms with van der Waals surface area (Å²) < 4.78 is 34.4. The van der Waals surface area contributed by atoms with Crippen molar-refractivity contribution in [2.45, 2.75) is 37.5 Å². The molecule has 2 heterocycles. The lowest BCUT2D eigenvalue weighted by molar-refractivity contribution is 0.415. The minimum absolute atomic E-state index is 0.246. The number of ether oxygens (including phenoxy) is 1. The maximum absolute atomic E-state index is 13.8. The van der Waals surface area contributed by atoms with E-state index in [2.05, 4.69) is 13.0 Å². The van der Waals surface area contributed by atoms with Crippen LogP contribution in [0.25, 0.3) is 33.1 Å². The van der Waals surface area contributed by atoms with Crippen LogP contribution in [0.15, 0.2) is 89.8 Å². The molecule has 0 atom stereocenters. The first-order chi connectivity index (χ1) is 17.0. The van der Waals surface area contributed by atoms with Gasteiger partial charge in [-0.2, -0.15) is 0 Å². The summed E-state index contributed by atoms with van der Waals surface area (Å²) in [4.78, 5) is 5.11. The Labute approximate surface area is 206 Å². The first kappa shape index (κ1) is 23.1. The number of fused-ring (bicyclic) bond motifs is 3. The highest BCUT2D eigenvalue weighted by atomic mass is 32.2. The lowest BCUT2D eigenvalue weighted by atomic mass is 10.0. The van der Waals surface area contributed by atoms with Gasteiger partial charge in [-0.1, -0.05) is 56.2 Å². The molecule has 3 aromatic carbocycles. The molecule has 0 bridgehead atoms. The summed E-state index contributed by atoms with van der Waals surface area (Å²) in [5.41, 5.74) is 4.05. The van der Waals surface area contributed by atoms with Gasteiger partial charge >= 0.3 is 0 Å². The molecule has 6 heteroatoms. The maximum atomic E-state index is 13.8. The van der Waals surface area contributed by atoms with Crippen molar-refractivity contribution >= 4 is 32.0 Å². The van der Waals surface area contributed by atoms with Crippen molar-refractivity contribution in [3.05, 3.63) is 90.6 Å². The Hall–Kier alpha value is -3.64. The molecule has 0 fully saturated rings. The van der Waals surface area contributed by atoms with Crippen molar-refractivity contribution in [1.29, 1.82) is 0 Å². The molecular formula is C29H28N2O3S. The van der Waals surface area contributed by atoms with Gasteiger partial charge in [-0.15, -0.1) is 0 Å². The lowest BCUT2D eigenvalue weighted by Crippen LogP contribution is -2.13. The summed E-state index contributed by atoms with van der Waals surface area (Å²) in [6.07, 6.45) is 4.10. The third kappa shape index (κ3) is 4.30. The number of benzene rings is 3. The van der Waals surface area contributed by atoms with E-state index >= 15 is 0 Å². The molecule has 2 aromatic heterocycles. The van der Waals surface area contributed by atoms with Gasteiger partial charge < -0.3 is 4.74 Å². The Morgan fingerprint density at radius 1 is 0.829 bits per heavy atom. The molecule has 0 radical (unpaired) electrons. The average molecular weight is 485 g/mol. The first-order valence-corrected chi connectivity index (χ1v) is 13.4. The van der Waals surface area contributed by atoms with Gasteiger partial charge in [0.15, 0.2) is 5.65 Å². The van der Waals surface area contributed by atoms with Crippen LogP contribution in [0.3, 0.4) is 0 Å². The number of pyridine rings is 1. The van der Waals surface area contributed by atoms with Crippen LogP contribution < -0.4 is 4.74 Å². The molecular weight excluding hydrogens is 456 g/mol. The summed E-state index contributed by atoms with van der Waals surface area (Å²) in [5.74, 6) is 0.792. The zero-order chi connectivity index (χ0) is 24.4. The van der Waals surface area contributed by atoms with Crippen molar-refractivity contribution < 1.29 is 13.2 Å². The zero-order valence-corrected chi connectivity index (χ0v) is 20.8. The lowest BCUT2D eigenvalue weighted by Gasteiger charge is -2.10. The van der Waals surface area contributed by atoms with Gasteiger partial charge in [0.25, 0.3) is 10.0 Å². The van der Waals surface area contributed by atoms with E-state index in [-0.39, 0.29) is 4.90 Å². The summed E-state index contributed by atoms with van der Waals surface area (Å²) >= 11 is 0. The fourth-order valence-electron chi connectivity index (χ4n) is 4.50. The Bertz CT molecular complexity index is 1590. The highest BCUT2D eigenvalue weighted by molar-refractivity contribution is 7.90. The van der Waals surface area contributed by atoms with Crippen molar-refractivity contribution in [2.75, 3.05) is 7.11 Å². The summed E-state index contributed by atoms with van der Waals surface area (Å²) in [6.45, 7) is 2.17. The SMILES string of the molecule is CCCCCc1ccc2c3cc(-c4ccc(OC)cc4)ccc3n(S(=O)(=O)c3ccccc3)c2n1. The standard InChI is InChI=1S/C29H28N2O3S/c1-3-4-6-9-23-15-18-26-27-20-22(21-12-16-24(34-2)17-13-21)14-19-28(27)31(29(26)30-23)35(32,33)25-10-7-5-8-11-25/h5,7-8,10-20H,3-4,6,9H2,1-2H3. The molecule has 0 unspecified atom stereocenters. The van der Waals surface area contributed by atoms with Crippen LogP contribution in [-0.2, 0) is 16.4 Å². The summed E-state index contributed by atoms with van der Waals surface area (Å²) in [5, 5.41) is 1.69.